The van der Waals surface area contributed by atoms with E-state index in [1.54, 1.807) is 24.5 Å². The summed E-state index contributed by atoms with van der Waals surface area (Å²) in [6.07, 6.45) is 6.75. The van der Waals surface area contributed by atoms with Crippen LogP contribution in [0.4, 0.5) is 5.95 Å². The maximum Gasteiger partial charge on any atom is 0.289 e. The van der Waals surface area contributed by atoms with Gasteiger partial charge in [0.1, 0.15) is 0 Å². The van der Waals surface area contributed by atoms with E-state index in [0.29, 0.717) is 25.5 Å². The van der Waals surface area contributed by atoms with E-state index in [0.717, 1.165) is 31.9 Å². The summed E-state index contributed by atoms with van der Waals surface area (Å²) in [6, 6.07) is 5.26. The molecule has 0 radical (unpaired) electrons. The minimum absolute atomic E-state index is 0.0588. The van der Waals surface area contributed by atoms with Crippen LogP contribution in [0.2, 0.25) is 0 Å². The molecule has 4 rings (SSSR count). The fourth-order valence-electron chi connectivity index (χ4n) is 3.45. The topological polar surface area (TPSA) is 71.7 Å². The number of ether oxygens (including phenoxy) is 1. The van der Waals surface area contributed by atoms with E-state index in [2.05, 4.69) is 14.9 Å². The highest BCUT2D eigenvalue weighted by Crippen LogP contribution is 2.31. The van der Waals surface area contributed by atoms with Crippen LogP contribution in [0.1, 0.15) is 23.4 Å². The first-order valence-corrected chi connectivity index (χ1v) is 8.25. The van der Waals surface area contributed by atoms with E-state index >= 15 is 0 Å². The largest absolute Gasteiger partial charge is 0.459 e. The number of nitrogens with zero attached hydrogens (tertiary/aromatic N) is 4. The van der Waals surface area contributed by atoms with Crippen LogP contribution < -0.4 is 4.90 Å². The number of aromatic nitrogens is 2. The molecule has 24 heavy (non-hydrogen) atoms. The number of rotatable bonds is 2. The highest BCUT2D eigenvalue weighted by molar-refractivity contribution is 5.91. The molecule has 2 fully saturated rings. The van der Waals surface area contributed by atoms with E-state index in [9.17, 15) is 4.79 Å². The Morgan fingerprint density at radius 3 is 2.62 bits per heavy atom. The first-order valence-electron chi connectivity index (χ1n) is 8.25. The van der Waals surface area contributed by atoms with Crippen molar-refractivity contribution in [3.8, 4) is 0 Å². The van der Waals surface area contributed by atoms with Gasteiger partial charge in [0, 0.05) is 32.0 Å². The Bertz CT molecular complexity index is 681. The molecule has 2 aliphatic rings. The summed E-state index contributed by atoms with van der Waals surface area (Å²) < 4.78 is 11.3. The monoisotopic (exact) mass is 328 g/mol. The van der Waals surface area contributed by atoms with Crippen LogP contribution in [0.3, 0.4) is 0 Å². The van der Waals surface area contributed by atoms with Gasteiger partial charge in [-0.3, -0.25) is 4.79 Å². The highest BCUT2D eigenvalue weighted by Gasteiger charge is 2.41. The molecular weight excluding hydrogens is 308 g/mol. The fraction of sp³-hybridized carbons (Fsp3) is 0.471. The van der Waals surface area contributed by atoms with Crippen LogP contribution in [0, 0.1) is 0 Å². The van der Waals surface area contributed by atoms with Crippen molar-refractivity contribution in [2.75, 3.05) is 37.7 Å². The van der Waals surface area contributed by atoms with E-state index in [1.807, 2.05) is 11.0 Å². The lowest BCUT2D eigenvalue weighted by molar-refractivity contribution is -0.112. The van der Waals surface area contributed by atoms with Crippen molar-refractivity contribution in [2.24, 2.45) is 0 Å². The van der Waals surface area contributed by atoms with Gasteiger partial charge in [0.25, 0.3) is 5.91 Å². The molecule has 0 saturated carbocycles. The molecule has 2 aromatic rings. The van der Waals surface area contributed by atoms with Crippen LogP contribution in [0.15, 0.2) is 41.3 Å². The number of anilines is 1. The molecule has 126 valence electrons. The lowest BCUT2D eigenvalue weighted by Gasteiger charge is -2.47. The Labute approximate surface area is 140 Å². The van der Waals surface area contributed by atoms with Gasteiger partial charge in [0.05, 0.1) is 25.0 Å². The summed E-state index contributed by atoms with van der Waals surface area (Å²) in [4.78, 5) is 25.2. The van der Waals surface area contributed by atoms with Gasteiger partial charge in [-0.15, -0.1) is 0 Å². The average molecular weight is 328 g/mol. The summed E-state index contributed by atoms with van der Waals surface area (Å²) in [5.74, 6) is 1.09. The fourth-order valence-corrected chi connectivity index (χ4v) is 3.45. The molecule has 1 amide bonds. The summed E-state index contributed by atoms with van der Waals surface area (Å²) in [5, 5.41) is 0. The van der Waals surface area contributed by atoms with E-state index < -0.39 is 0 Å². The first kappa shape index (κ1) is 15.1. The van der Waals surface area contributed by atoms with Crippen LogP contribution >= 0.6 is 0 Å². The molecule has 0 aliphatic carbocycles. The number of hydrogen-bond acceptors (Lipinski definition) is 6. The van der Waals surface area contributed by atoms with Gasteiger partial charge in [-0.05, 0) is 31.0 Å². The number of hydrogen-bond donors (Lipinski definition) is 0. The average Bonchev–Trinajstić information content (AvgIpc) is 3.17. The molecule has 2 aromatic heterocycles. The van der Waals surface area contributed by atoms with Gasteiger partial charge in [0.2, 0.25) is 5.95 Å². The minimum atomic E-state index is -0.272. The van der Waals surface area contributed by atoms with Crippen LogP contribution in [-0.2, 0) is 4.74 Å². The second kappa shape index (κ2) is 6.24. The summed E-state index contributed by atoms with van der Waals surface area (Å²) in [6.45, 7) is 3.43. The Morgan fingerprint density at radius 1 is 1.12 bits per heavy atom. The molecule has 7 nitrogen and oxygen atoms in total. The number of carbonyl (C=O) groups is 1. The zero-order valence-electron chi connectivity index (χ0n) is 13.4. The van der Waals surface area contributed by atoms with Crippen LogP contribution in [0.25, 0.3) is 0 Å². The molecule has 2 saturated heterocycles. The van der Waals surface area contributed by atoms with E-state index in [1.165, 1.54) is 6.26 Å². The first-order chi connectivity index (χ1) is 11.8. The Balaban J connectivity index is 1.42. The molecule has 0 aromatic carbocycles. The van der Waals surface area contributed by atoms with Crippen molar-refractivity contribution < 1.29 is 13.9 Å². The Kier molecular flexibility index (Phi) is 3.93. The third-order valence-electron chi connectivity index (χ3n) is 4.78. The lowest BCUT2D eigenvalue weighted by atomic mass is 9.89. The van der Waals surface area contributed by atoms with Crippen LogP contribution in [-0.4, -0.2) is 59.2 Å². The van der Waals surface area contributed by atoms with Gasteiger partial charge >= 0.3 is 0 Å². The summed E-state index contributed by atoms with van der Waals surface area (Å²) in [5.41, 5.74) is -0.272. The molecule has 2 aliphatic heterocycles. The standard InChI is InChI=1S/C17H20N4O3/c22-15(14-3-1-11-23-14)21-10-12-24-17(13-21)4-8-20(9-5-17)16-18-6-2-7-19-16/h1-3,6-7,11H,4-5,8-10,12-13H2. The van der Waals surface area contributed by atoms with E-state index in [4.69, 9.17) is 9.15 Å². The number of piperidine rings is 1. The number of furan rings is 1. The number of morpholine rings is 1. The normalized spacial score (nSPS) is 20.3. The maximum atomic E-state index is 12.5. The van der Waals surface area contributed by atoms with Crippen molar-refractivity contribution in [1.82, 2.24) is 14.9 Å². The third-order valence-corrected chi connectivity index (χ3v) is 4.78. The third kappa shape index (κ3) is 2.87. The maximum absolute atomic E-state index is 12.5. The Morgan fingerprint density at radius 2 is 1.92 bits per heavy atom. The lowest BCUT2D eigenvalue weighted by Crippen LogP contribution is -2.58. The quantitative estimate of drug-likeness (QED) is 0.833. The molecule has 1 spiro atoms. The van der Waals surface area contributed by atoms with Crippen molar-refractivity contribution in [2.45, 2.75) is 18.4 Å². The minimum Gasteiger partial charge on any atom is -0.459 e. The predicted octanol–water partition coefficient (Wildman–Crippen LogP) is 1.58. The van der Waals surface area contributed by atoms with Gasteiger partial charge in [-0.1, -0.05) is 0 Å². The molecule has 0 N–H and O–H groups in total. The summed E-state index contributed by atoms with van der Waals surface area (Å²) >= 11 is 0. The van der Waals surface area contributed by atoms with Gasteiger partial charge < -0.3 is 19.0 Å². The van der Waals surface area contributed by atoms with Crippen molar-refractivity contribution >= 4 is 11.9 Å². The molecule has 7 heteroatoms. The van der Waals surface area contributed by atoms with E-state index in [-0.39, 0.29) is 11.5 Å². The molecule has 0 bridgehead atoms. The molecule has 0 unspecified atom stereocenters. The predicted molar refractivity (Wildman–Crippen MR) is 86.8 cm³/mol. The zero-order chi connectivity index (χ0) is 16.4. The smallest absolute Gasteiger partial charge is 0.289 e. The SMILES string of the molecule is O=C(c1ccco1)N1CCOC2(CCN(c3ncccn3)CC2)C1. The van der Waals surface area contributed by atoms with Gasteiger partial charge in [-0.25, -0.2) is 9.97 Å². The number of carbonyl (C=O) groups excluding carboxylic acids is 1. The van der Waals surface area contributed by atoms with Gasteiger partial charge in [-0.2, -0.15) is 0 Å². The number of amides is 1. The molecule has 4 heterocycles. The summed E-state index contributed by atoms with van der Waals surface area (Å²) in [7, 11) is 0. The van der Waals surface area contributed by atoms with Crippen LogP contribution in [0.5, 0.6) is 0 Å². The molecule has 0 atom stereocenters. The van der Waals surface area contributed by atoms with Crippen molar-refractivity contribution in [1.29, 1.82) is 0 Å². The van der Waals surface area contributed by atoms with Crippen molar-refractivity contribution in [3.05, 3.63) is 42.6 Å². The van der Waals surface area contributed by atoms with Gasteiger partial charge in [0.15, 0.2) is 5.76 Å². The second-order valence-electron chi connectivity index (χ2n) is 6.27. The zero-order valence-corrected chi connectivity index (χ0v) is 13.4. The van der Waals surface area contributed by atoms with Crippen molar-refractivity contribution in [3.63, 3.8) is 0 Å². The second-order valence-corrected chi connectivity index (χ2v) is 6.27. The Hall–Kier alpha value is -2.41. The molecular formula is C17H20N4O3. The highest BCUT2D eigenvalue weighted by atomic mass is 16.5.